The third kappa shape index (κ3) is 4.81. The molecular formula is C55H39N. The molecule has 0 N–H and O–H groups in total. The van der Waals surface area contributed by atoms with Crippen LogP contribution < -0.4 is 4.90 Å². The highest BCUT2D eigenvalue weighted by atomic mass is 15.1. The molecule has 0 radical (unpaired) electrons. The summed E-state index contributed by atoms with van der Waals surface area (Å²) in [6, 6.07) is 74.0. The van der Waals surface area contributed by atoms with E-state index in [-0.39, 0.29) is 5.41 Å². The lowest BCUT2D eigenvalue weighted by Gasteiger charge is -2.30. The smallest absolute Gasteiger partial charge is 0.0546 e. The summed E-state index contributed by atoms with van der Waals surface area (Å²) in [5.74, 6) is 0. The Morgan fingerprint density at radius 1 is 0.339 bits per heavy atom. The zero-order chi connectivity index (χ0) is 37.4. The highest BCUT2D eigenvalue weighted by Gasteiger charge is 2.38. The van der Waals surface area contributed by atoms with Gasteiger partial charge in [-0.15, -0.1) is 0 Å². The van der Waals surface area contributed by atoms with Crippen LogP contribution in [-0.2, 0) is 5.41 Å². The Morgan fingerprint density at radius 2 is 0.839 bits per heavy atom. The maximum Gasteiger partial charge on any atom is 0.0546 e. The molecule has 0 aromatic heterocycles. The molecule has 0 aliphatic heterocycles. The summed E-state index contributed by atoms with van der Waals surface area (Å²) in [5.41, 5.74) is 13.7. The Bertz CT molecular complexity index is 3150. The summed E-state index contributed by atoms with van der Waals surface area (Å²) in [7, 11) is 0. The van der Waals surface area contributed by atoms with Crippen molar-refractivity contribution in [1.29, 1.82) is 0 Å². The van der Waals surface area contributed by atoms with Crippen LogP contribution in [0.4, 0.5) is 17.1 Å². The molecule has 0 atom stereocenters. The van der Waals surface area contributed by atoms with Crippen molar-refractivity contribution in [1.82, 2.24) is 0 Å². The number of anilines is 3. The quantitative estimate of drug-likeness (QED) is 0.161. The molecule has 1 nitrogen and oxygen atoms in total. The van der Waals surface area contributed by atoms with E-state index in [1.54, 1.807) is 0 Å². The third-order valence-electron chi connectivity index (χ3n) is 12.2. The second-order valence-electron chi connectivity index (χ2n) is 15.6. The monoisotopic (exact) mass is 713 g/mol. The third-order valence-corrected chi connectivity index (χ3v) is 12.2. The Hall–Kier alpha value is -6.96. The molecule has 0 heterocycles. The summed E-state index contributed by atoms with van der Waals surface area (Å²) < 4.78 is 0. The first-order chi connectivity index (χ1) is 27.6. The van der Waals surface area contributed by atoms with Crippen LogP contribution in [0, 0.1) is 0 Å². The van der Waals surface area contributed by atoms with E-state index in [0.29, 0.717) is 0 Å². The van der Waals surface area contributed by atoms with E-state index in [1.807, 2.05) is 0 Å². The van der Waals surface area contributed by atoms with Gasteiger partial charge in [-0.1, -0.05) is 190 Å². The summed E-state index contributed by atoms with van der Waals surface area (Å²) in [6.07, 6.45) is 0. The molecule has 0 saturated carbocycles. The first kappa shape index (κ1) is 32.5. The minimum atomic E-state index is -0.117. The van der Waals surface area contributed by atoms with Gasteiger partial charge in [0.05, 0.1) is 11.4 Å². The number of nitrogens with zero attached hydrogens (tertiary/aromatic N) is 1. The normalized spacial score (nSPS) is 13.0. The molecule has 0 bridgehead atoms. The van der Waals surface area contributed by atoms with E-state index in [9.17, 15) is 0 Å². The van der Waals surface area contributed by atoms with Gasteiger partial charge < -0.3 is 4.90 Å². The average molecular weight is 714 g/mol. The van der Waals surface area contributed by atoms with Crippen LogP contribution in [0.1, 0.15) is 25.0 Å². The maximum absolute atomic E-state index is 2.52. The molecule has 264 valence electrons. The molecule has 10 aromatic rings. The van der Waals surface area contributed by atoms with E-state index in [2.05, 4.69) is 219 Å². The van der Waals surface area contributed by atoms with Crippen LogP contribution in [0.5, 0.6) is 0 Å². The largest absolute Gasteiger partial charge is 0.309 e. The fourth-order valence-corrected chi connectivity index (χ4v) is 9.67. The highest BCUT2D eigenvalue weighted by Crippen LogP contribution is 2.55. The van der Waals surface area contributed by atoms with Crippen molar-refractivity contribution in [2.75, 3.05) is 4.90 Å². The van der Waals surface area contributed by atoms with E-state index in [1.165, 1.54) is 99.0 Å². The minimum absolute atomic E-state index is 0.117. The Balaban J connectivity index is 1.19. The minimum Gasteiger partial charge on any atom is -0.309 e. The first-order valence-electron chi connectivity index (χ1n) is 19.6. The van der Waals surface area contributed by atoms with E-state index >= 15 is 0 Å². The van der Waals surface area contributed by atoms with Crippen LogP contribution in [0.2, 0.25) is 0 Å². The van der Waals surface area contributed by atoms with Gasteiger partial charge >= 0.3 is 0 Å². The number of hydrogen-bond donors (Lipinski definition) is 0. The van der Waals surface area contributed by atoms with Crippen LogP contribution in [-0.4, -0.2) is 0 Å². The molecule has 1 aliphatic rings. The summed E-state index contributed by atoms with van der Waals surface area (Å²) >= 11 is 0. The fourth-order valence-electron chi connectivity index (χ4n) is 9.67. The van der Waals surface area contributed by atoms with Crippen molar-refractivity contribution >= 4 is 60.2 Å². The van der Waals surface area contributed by atoms with Crippen molar-refractivity contribution in [3.05, 3.63) is 211 Å². The average Bonchev–Trinajstić information content (AvgIpc) is 3.50. The predicted molar refractivity (Wildman–Crippen MR) is 240 cm³/mol. The lowest BCUT2D eigenvalue weighted by atomic mass is 9.82. The predicted octanol–water partition coefficient (Wildman–Crippen LogP) is 15.4. The van der Waals surface area contributed by atoms with E-state index < -0.39 is 0 Å². The first-order valence-corrected chi connectivity index (χ1v) is 19.6. The van der Waals surface area contributed by atoms with E-state index in [4.69, 9.17) is 0 Å². The molecule has 0 fully saturated rings. The number of benzene rings is 10. The van der Waals surface area contributed by atoms with Gasteiger partial charge in [0, 0.05) is 22.1 Å². The van der Waals surface area contributed by atoms with Crippen LogP contribution in [0.3, 0.4) is 0 Å². The standard InChI is InChI=1S/C55H39N/c1-55(2)48-28-15-14-27-47(48)54-49(55)29-16-30-50(54)56(51-35-38-19-6-7-20-40(38)41-21-8-11-24-44(41)51)39-33-31-37(32-34-39)53-46-26-13-10-23-43(46)42-22-9-12-25-45(42)52(53)36-17-4-3-5-18-36/h3-35H,1-2H3. The van der Waals surface area contributed by atoms with Crippen molar-refractivity contribution in [3.63, 3.8) is 0 Å². The van der Waals surface area contributed by atoms with Gasteiger partial charge in [-0.3, -0.25) is 0 Å². The number of hydrogen-bond acceptors (Lipinski definition) is 1. The van der Waals surface area contributed by atoms with Gasteiger partial charge in [0.25, 0.3) is 0 Å². The topological polar surface area (TPSA) is 3.24 Å². The highest BCUT2D eigenvalue weighted by molar-refractivity contribution is 6.22. The zero-order valence-corrected chi connectivity index (χ0v) is 31.5. The summed E-state index contributed by atoms with van der Waals surface area (Å²) in [6.45, 7) is 4.73. The Labute approximate surface area is 327 Å². The van der Waals surface area contributed by atoms with Gasteiger partial charge in [0.1, 0.15) is 0 Å². The van der Waals surface area contributed by atoms with Crippen LogP contribution >= 0.6 is 0 Å². The van der Waals surface area contributed by atoms with E-state index in [0.717, 1.165) is 5.69 Å². The molecule has 0 spiro atoms. The number of fused-ring (bicyclic) bond motifs is 9. The zero-order valence-electron chi connectivity index (χ0n) is 31.5. The summed E-state index contributed by atoms with van der Waals surface area (Å²) in [4.78, 5) is 2.52. The molecule has 10 aromatic carbocycles. The van der Waals surface area contributed by atoms with Crippen molar-refractivity contribution < 1.29 is 0 Å². The second-order valence-corrected chi connectivity index (χ2v) is 15.6. The molecule has 1 heteroatoms. The number of rotatable bonds is 5. The van der Waals surface area contributed by atoms with Gasteiger partial charge in [0.15, 0.2) is 0 Å². The Kier molecular flexibility index (Phi) is 7.28. The SMILES string of the molecule is CC1(C)c2ccccc2-c2c(N(c3ccc(-c4c(-c5ccccc5)c5ccccc5c5ccccc45)cc3)c3cc4ccccc4c4ccccc34)cccc21. The van der Waals surface area contributed by atoms with Crippen molar-refractivity contribution in [2.24, 2.45) is 0 Å². The van der Waals surface area contributed by atoms with Crippen LogP contribution in [0.25, 0.3) is 76.5 Å². The molecule has 0 saturated heterocycles. The van der Waals surface area contributed by atoms with Gasteiger partial charge in [-0.2, -0.15) is 0 Å². The molecule has 1 aliphatic carbocycles. The van der Waals surface area contributed by atoms with Crippen molar-refractivity contribution in [2.45, 2.75) is 19.3 Å². The summed E-state index contributed by atoms with van der Waals surface area (Å²) in [5, 5.41) is 10.0. The van der Waals surface area contributed by atoms with Gasteiger partial charge in [0.2, 0.25) is 0 Å². The molecule has 0 unspecified atom stereocenters. The van der Waals surface area contributed by atoms with Crippen molar-refractivity contribution in [3.8, 4) is 33.4 Å². The molecular weight excluding hydrogens is 675 g/mol. The lowest BCUT2D eigenvalue weighted by molar-refractivity contribution is 0.660. The maximum atomic E-state index is 2.52. The van der Waals surface area contributed by atoms with Crippen LogP contribution in [0.15, 0.2) is 200 Å². The Morgan fingerprint density at radius 3 is 1.52 bits per heavy atom. The molecule has 56 heavy (non-hydrogen) atoms. The fraction of sp³-hybridized carbons (Fsp3) is 0.0545. The lowest BCUT2D eigenvalue weighted by Crippen LogP contribution is -2.16. The molecule has 11 rings (SSSR count). The van der Waals surface area contributed by atoms with Gasteiger partial charge in [-0.05, 0) is 101 Å². The van der Waals surface area contributed by atoms with Gasteiger partial charge in [-0.25, -0.2) is 0 Å². The second kappa shape index (κ2) is 12.5. The molecule has 0 amide bonds.